The van der Waals surface area contributed by atoms with Crippen molar-refractivity contribution in [2.45, 2.75) is 24.7 Å². The van der Waals surface area contributed by atoms with Crippen molar-refractivity contribution in [2.75, 3.05) is 26.7 Å². The first kappa shape index (κ1) is 19.2. The molecular formula is C17H26ClN3O2S. The van der Waals surface area contributed by atoms with Crippen molar-refractivity contribution in [3.8, 4) is 0 Å². The molecule has 0 bridgehead atoms. The van der Waals surface area contributed by atoms with Crippen LogP contribution in [0.3, 0.4) is 0 Å². The van der Waals surface area contributed by atoms with Crippen LogP contribution in [0.1, 0.15) is 18.5 Å². The van der Waals surface area contributed by atoms with Gasteiger partial charge in [0.1, 0.15) is 4.90 Å². The molecule has 2 heterocycles. The minimum Gasteiger partial charge on any atom is -0.347 e. The van der Waals surface area contributed by atoms with Gasteiger partial charge in [-0.15, -0.1) is 12.4 Å². The average molecular weight is 372 g/mol. The van der Waals surface area contributed by atoms with E-state index in [2.05, 4.69) is 5.32 Å². The fraction of sp³-hybridized carbons (Fsp3) is 0.529. The van der Waals surface area contributed by atoms with E-state index in [1.165, 1.54) is 0 Å². The van der Waals surface area contributed by atoms with E-state index < -0.39 is 10.0 Å². The summed E-state index contributed by atoms with van der Waals surface area (Å²) in [6.07, 6.45) is 2.01. The molecule has 134 valence electrons. The lowest BCUT2D eigenvalue weighted by molar-refractivity contribution is 0.263. The number of para-hydroxylation sites is 1. The van der Waals surface area contributed by atoms with Gasteiger partial charge in [0.15, 0.2) is 0 Å². The highest BCUT2D eigenvalue weighted by Crippen LogP contribution is 2.32. The number of benzene rings is 1. The van der Waals surface area contributed by atoms with E-state index in [1.807, 2.05) is 49.9 Å². The second kappa shape index (κ2) is 7.44. The molecule has 1 aromatic carbocycles. The molecule has 0 saturated carbocycles. The Morgan fingerprint density at radius 2 is 2.00 bits per heavy atom. The molecule has 2 aromatic rings. The quantitative estimate of drug-likeness (QED) is 0.898. The zero-order valence-corrected chi connectivity index (χ0v) is 16.1. The average Bonchev–Trinajstić information content (AvgIpc) is 2.80. The zero-order valence-electron chi connectivity index (χ0n) is 14.4. The summed E-state index contributed by atoms with van der Waals surface area (Å²) < 4.78 is 30.2. The fourth-order valence-electron chi connectivity index (χ4n) is 3.64. The lowest BCUT2D eigenvalue weighted by atomic mass is 10.00. The van der Waals surface area contributed by atoms with Crippen LogP contribution in [0, 0.1) is 12.8 Å². The van der Waals surface area contributed by atoms with Crippen molar-refractivity contribution in [1.29, 1.82) is 0 Å². The van der Waals surface area contributed by atoms with Crippen LogP contribution in [0.2, 0.25) is 0 Å². The van der Waals surface area contributed by atoms with Crippen LogP contribution in [0.4, 0.5) is 0 Å². The number of aromatic nitrogens is 1. The number of halogens is 1. The number of piperidine rings is 1. The maximum Gasteiger partial charge on any atom is 0.245 e. The highest BCUT2D eigenvalue weighted by atomic mass is 35.5. The highest BCUT2D eigenvalue weighted by Gasteiger charge is 2.33. The first-order valence-corrected chi connectivity index (χ1v) is 9.59. The molecule has 1 N–H and O–H groups in total. The molecule has 7 heteroatoms. The van der Waals surface area contributed by atoms with Crippen LogP contribution < -0.4 is 5.32 Å². The van der Waals surface area contributed by atoms with E-state index in [9.17, 15) is 8.42 Å². The minimum absolute atomic E-state index is 0. The SMILES string of the molecule is CNCC1CCCN(S(=O)(=O)c2c(C)n(C)c3ccccc23)C1.Cl. The summed E-state index contributed by atoms with van der Waals surface area (Å²) >= 11 is 0. The van der Waals surface area contributed by atoms with Crippen LogP contribution in [0.15, 0.2) is 29.2 Å². The number of hydrogen-bond donors (Lipinski definition) is 1. The van der Waals surface area contributed by atoms with Gasteiger partial charge in [0.05, 0.1) is 0 Å². The lowest BCUT2D eigenvalue weighted by Gasteiger charge is -2.32. The number of aryl methyl sites for hydroxylation is 1. The molecule has 0 radical (unpaired) electrons. The number of sulfonamides is 1. The molecule has 0 spiro atoms. The van der Waals surface area contributed by atoms with Crippen LogP contribution >= 0.6 is 12.4 Å². The fourth-order valence-corrected chi connectivity index (χ4v) is 5.64. The third kappa shape index (κ3) is 3.20. The summed E-state index contributed by atoms with van der Waals surface area (Å²) in [6, 6.07) is 7.73. The summed E-state index contributed by atoms with van der Waals surface area (Å²) in [6.45, 7) is 3.97. The summed E-state index contributed by atoms with van der Waals surface area (Å²) in [5, 5.41) is 3.99. The first-order chi connectivity index (χ1) is 11.0. The van der Waals surface area contributed by atoms with Gasteiger partial charge in [-0.2, -0.15) is 4.31 Å². The molecule has 1 aliphatic rings. The van der Waals surface area contributed by atoms with E-state index in [0.717, 1.165) is 36.0 Å². The van der Waals surface area contributed by atoms with Crippen LogP contribution in [0.25, 0.3) is 10.9 Å². The van der Waals surface area contributed by atoms with E-state index in [0.29, 0.717) is 23.9 Å². The normalized spacial score (nSPS) is 19.4. The smallest absolute Gasteiger partial charge is 0.245 e. The Hall–Kier alpha value is -1.08. The number of nitrogens with one attached hydrogen (secondary N) is 1. The van der Waals surface area contributed by atoms with Crippen molar-refractivity contribution in [2.24, 2.45) is 13.0 Å². The zero-order chi connectivity index (χ0) is 16.6. The summed E-state index contributed by atoms with van der Waals surface area (Å²) in [5.41, 5.74) is 1.77. The molecule has 5 nitrogen and oxygen atoms in total. The topological polar surface area (TPSA) is 54.3 Å². The molecule has 1 saturated heterocycles. The Morgan fingerprint density at radius 1 is 1.29 bits per heavy atom. The molecule has 0 amide bonds. The predicted molar refractivity (Wildman–Crippen MR) is 100 cm³/mol. The van der Waals surface area contributed by atoms with Crippen LogP contribution in [-0.2, 0) is 17.1 Å². The molecule has 1 aliphatic heterocycles. The predicted octanol–water partition coefficient (Wildman–Crippen LogP) is 2.53. The highest BCUT2D eigenvalue weighted by molar-refractivity contribution is 7.89. The van der Waals surface area contributed by atoms with E-state index in [1.54, 1.807) is 4.31 Å². The number of rotatable bonds is 4. The summed E-state index contributed by atoms with van der Waals surface area (Å²) in [4.78, 5) is 0.473. The Bertz CT molecular complexity index is 815. The maximum atomic E-state index is 13.3. The van der Waals surface area contributed by atoms with Crippen LogP contribution in [-0.4, -0.2) is 44.0 Å². The van der Waals surface area contributed by atoms with Gasteiger partial charge in [0.25, 0.3) is 0 Å². The third-order valence-electron chi connectivity index (χ3n) is 4.91. The Balaban J connectivity index is 0.00000208. The molecule has 0 aliphatic carbocycles. The monoisotopic (exact) mass is 371 g/mol. The van der Waals surface area contributed by atoms with Crippen molar-refractivity contribution in [3.63, 3.8) is 0 Å². The Morgan fingerprint density at radius 3 is 2.71 bits per heavy atom. The molecular weight excluding hydrogens is 346 g/mol. The van der Waals surface area contributed by atoms with E-state index in [-0.39, 0.29) is 12.4 Å². The largest absolute Gasteiger partial charge is 0.347 e. The lowest BCUT2D eigenvalue weighted by Crippen LogP contribution is -2.42. The van der Waals surface area contributed by atoms with Gasteiger partial charge in [0.2, 0.25) is 10.0 Å². The maximum absolute atomic E-state index is 13.3. The van der Waals surface area contributed by atoms with Gasteiger partial charge < -0.3 is 9.88 Å². The van der Waals surface area contributed by atoms with Gasteiger partial charge in [-0.25, -0.2) is 8.42 Å². The van der Waals surface area contributed by atoms with Crippen molar-refractivity contribution < 1.29 is 8.42 Å². The molecule has 1 fully saturated rings. The number of nitrogens with zero attached hydrogens (tertiary/aromatic N) is 2. The van der Waals surface area contributed by atoms with Crippen molar-refractivity contribution in [1.82, 2.24) is 14.2 Å². The third-order valence-corrected chi connectivity index (χ3v) is 6.96. The number of fused-ring (bicyclic) bond motifs is 1. The molecule has 1 aromatic heterocycles. The summed E-state index contributed by atoms with van der Waals surface area (Å²) in [7, 11) is 0.381. The molecule has 1 atom stereocenters. The van der Waals surface area contributed by atoms with Crippen molar-refractivity contribution in [3.05, 3.63) is 30.0 Å². The van der Waals surface area contributed by atoms with Gasteiger partial charge in [-0.3, -0.25) is 0 Å². The number of hydrogen-bond acceptors (Lipinski definition) is 3. The first-order valence-electron chi connectivity index (χ1n) is 8.15. The molecule has 1 unspecified atom stereocenters. The standard InChI is InChI=1S/C17H25N3O2S.ClH/c1-13-17(15-8-4-5-9-16(15)19(13)3)23(21,22)20-10-6-7-14(12-20)11-18-2;/h4-5,8-9,14,18H,6-7,10-12H2,1-3H3;1H. The molecule has 3 rings (SSSR count). The van der Waals surface area contributed by atoms with E-state index >= 15 is 0 Å². The minimum atomic E-state index is -3.46. The van der Waals surface area contributed by atoms with Gasteiger partial charge >= 0.3 is 0 Å². The van der Waals surface area contributed by atoms with Gasteiger partial charge in [-0.1, -0.05) is 18.2 Å². The summed E-state index contributed by atoms with van der Waals surface area (Å²) in [5.74, 6) is 0.388. The Kier molecular flexibility index (Phi) is 5.96. The Labute approximate surface area is 150 Å². The van der Waals surface area contributed by atoms with E-state index in [4.69, 9.17) is 0 Å². The van der Waals surface area contributed by atoms with Gasteiger partial charge in [0, 0.05) is 36.7 Å². The van der Waals surface area contributed by atoms with Crippen molar-refractivity contribution >= 4 is 33.3 Å². The van der Waals surface area contributed by atoms with Crippen LogP contribution in [0.5, 0.6) is 0 Å². The second-order valence-electron chi connectivity index (χ2n) is 6.42. The molecule has 24 heavy (non-hydrogen) atoms. The second-order valence-corrected chi connectivity index (χ2v) is 8.29. The van der Waals surface area contributed by atoms with Gasteiger partial charge in [-0.05, 0) is 45.3 Å².